The van der Waals surface area contributed by atoms with E-state index in [0.29, 0.717) is 11.6 Å². The molecule has 134 valence electrons. The minimum absolute atomic E-state index is 0.118. The summed E-state index contributed by atoms with van der Waals surface area (Å²) >= 11 is 0. The van der Waals surface area contributed by atoms with Crippen LogP contribution in [0.1, 0.15) is 24.1 Å². The maximum absolute atomic E-state index is 13.1. The predicted octanol–water partition coefficient (Wildman–Crippen LogP) is 2.39. The molecule has 26 heavy (non-hydrogen) atoms. The summed E-state index contributed by atoms with van der Waals surface area (Å²) in [7, 11) is 0. The van der Waals surface area contributed by atoms with E-state index in [1.54, 1.807) is 24.3 Å². The predicted molar refractivity (Wildman–Crippen MR) is 90.6 cm³/mol. The minimum atomic E-state index is -0.826. The van der Waals surface area contributed by atoms with E-state index < -0.39 is 35.5 Å². The number of nitriles is 1. The Bertz CT molecular complexity index is 814. The van der Waals surface area contributed by atoms with Gasteiger partial charge in [0.1, 0.15) is 17.7 Å². The lowest BCUT2D eigenvalue weighted by Crippen LogP contribution is -2.46. The van der Waals surface area contributed by atoms with Crippen LogP contribution in [0.3, 0.4) is 0 Å². The highest BCUT2D eigenvalue weighted by atomic mass is 19.1. The topological polar surface area (TPSA) is 82.0 Å². The highest BCUT2D eigenvalue weighted by Gasteiger charge is 2.20. The van der Waals surface area contributed by atoms with Gasteiger partial charge in [0.05, 0.1) is 18.5 Å². The number of benzene rings is 2. The van der Waals surface area contributed by atoms with Crippen molar-refractivity contribution in [3.63, 3.8) is 0 Å². The lowest BCUT2D eigenvalue weighted by atomic mass is 10.1. The van der Waals surface area contributed by atoms with Crippen LogP contribution in [0.15, 0.2) is 48.5 Å². The second-order valence-electron chi connectivity index (χ2n) is 5.73. The molecular weight excluding hydrogens is 340 g/mol. The number of amides is 2. The molecule has 0 aliphatic rings. The van der Waals surface area contributed by atoms with Gasteiger partial charge in [0, 0.05) is 6.07 Å². The number of halogens is 2. The van der Waals surface area contributed by atoms with Crippen LogP contribution < -0.4 is 10.6 Å². The van der Waals surface area contributed by atoms with E-state index in [4.69, 9.17) is 0 Å². The van der Waals surface area contributed by atoms with E-state index in [0.717, 1.165) is 12.1 Å². The first-order chi connectivity index (χ1) is 12.4. The van der Waals surface area contributed by atoms with Crippen molar-refractivity contribution in [2.24, 2.45) is 0 Å². The summed E-state index contributed by atoms with van der Waals surface area (Å²) in [6, 6.07) is 12.1. The average molecular weight is 357 g/mol. The third-order valence-electron chi connectivity index (χ3n) is 3.62. The standard InChI is InChI=1S/C19H17F2N3O2/c1-12(23-17(11-22)14-5-3-2-4-6-14)19(26)24-18(25)9-13-7-15(20)10-16(21)8-13/h2-8,10,12,17,23H,9H2,1H3,(H,24,25,26)/t12-,17-/m0/s1. The second-order valence-corrected chi connectivity index (χ2v) is 5.73. The van der Waals surface area contributed by atoms with Crippen molar-refractivity contribution in [1.29, 1.82) is 5.26 Å². The Labute approximate surface area is 149 Å². The van der Waals surface area contributed by atoms with Gasteiger partial charge >= 0.3 is 0 Å². The maximum atomic E-state index is 13.1. The number of hydrogen-bond acceptors (Lipinski definition) is 4. The largest absolute Gasteiger partial charge is 0.295 e. The van der Waals surface area contributed by atoms with Crippen molar-refractivity contribution in [2.75, 3.05) is 0 Å². The Hall–Kier alpha value is -3.11. The van der Waals surface area contributed by atoms with E-state index in [-0.39, 0.29) is 12.0 Å². The SMILES string of the molecule is C[C@H](N[C@@H](C#N)c1ccccc1)C(=O)NC(=O)Cc1cc(F)cc(F)c1. The molecule has 0 bridgehead atoms. The summed E-state index contributed by atoms with van der Waals surface area (Å²) in [4.78, 5) is 24.0. The van der Waals surface area contributed by atoms with Crippen LogP contribution in [-0.4, -0.2) is 17.9 Å². The fourth-order valence-corrected chi connectivity index (χ4v) is 2.37. The fraction of sp³-hybridized carbons (Fsp3) is 0.211. The lowest BCUT2D eigenvalue weighted by molar-refractivity contribution is -0.131. The normalized spacial score (nSPS) is 12.7. The number of imide groups is 1. The molecule has 5 nitrogen and oxygen atoms in total. The summed E-state index contributed by atoms with van der Waals surface area (Å²) in [5.41, 5.74) is 0.809. The van der Waals surface area contributed by atoms with Gasteiger partial charge in [-0.25, -0.2) is 8.78 Å². The molecule has 0 fully saturated rings. The van der Waals surface area contributed by atoms with E-state index in [1.807, 2.05) is 6.07 Å². The first-order valence-electron chi connectivity index (χ1n) is 7.88. The van der Waals surface area contributed by atoms with Crippen LogP contribution in [0, 0.1) is 23.0 Å². The smallest absolute Gasteiger partial charge is 0.243 e. The number of rotatable bonds is 6. The zero-order valence-electron chi connectivity index (χ0n) is 14.0. The molecule has 2 aromatic rings. The summed E-state index contributed by atoms with van der Waals surface area (Å²) < 4.78 is 26.3. The van der Waals surface area contributed by atoms with Gasteiger partial charge in [0.2, 0.25) is 11.8 Å². The molecule has 2 atom stereocenters. The van der Waals surface area contributed by atoms with E-state index in [1.165, 1.54) is 6.92 Å². The van der Waals surface area contributed by atoms with Crippen LogP contribution in [0.25, 0.3) is 0 Å². The number of hydrogen-bond donors (Lipinski definition) is 2. The van der Waals surface area contributed by atoms with Gasteiger partial charge in [-0.2, -0.15) is 5.26 Å². The molecular formula is C19H17F2N3O2. The van der Waals surface area contributed by atoms with Gasteiger partial charge < -0.3 is 0 Å². The van der Waals surface area contributed by atoms with Gasteiger partial charge in [-0.3, -0.25) is 20.2 Å². The van der Waals surface area contributed by atoms with Crippen molar-refractivity contribution >= 4 is 11.8 Å². The van der Waals surface area contributed by atoms with Gasteiger partial charge in [0.15, 0.2) is 0 Å². The van der Waals surface area contributed by atoms with E-state index in [2.05, 4.69) is 16.7 Å². The molecule has 2 aromatic carbocycles. The highest BCUT2D eigenvalue weighted by Crippen LogP contribution is 2.12. The minimum Gasteiger partial charge on any atom is -0.295 e. The van der Waals surface area contributed by atoms with Gasteiger partial charge in [-0.15, -0.1) is 0 Å². The molecule has 0 heterocycles. The fourth-order valence-electron chi connectivity index (χ4n) is 2.37. The zero-order valence-corrected chi connectivity index (χ0v) is 14.0. The molecule has 2 N–H and O–H groups in total. The van der Waals surface area contributed by atoms with Gasteiger partial charge in [-0.05, 0) is 30.2 Å². The zero-order chi connectivity index (χ0) is 19.1. The molecule has 0 aliphatic heterocycles. The monoisotopic (exact) mass is 357 g/mol. The summed E-state index contributed by atoms with van der Waals surface area (Å²) in [5, 5.41) is 14.2. The van der Waals surface area contributed by atoms with Crippen LogP contribution in [0.5, 0.6) is 0 Å². The number of nitrogens with one attached hydrogen (secondary N) is 2. The average Bonchev–Trinajstić information content (AvgIpc) is 2.59. The first kappa shape index (κ1) is 19.2. The van der Waals surface area contributed by atoms with Crippen LogP contribution in [0.4, 0.5) is 8.78 Å². The van der Waals surface area contributed by atoms with Crippen molar-refractivity contribution in [3.8, 4) is 6.07 Å². The summed E-state index contributed by atoms with van der Waals surface area (Å²) in [6.07, 6.45) is -0.340. The molecule has 7 heteroatoms. The summed E-state index contributed by atoms with van der Waals surface area (Å²) in [5.74, 6) is -2.92. The Balaban J connectivity index is 1.93. The van der Waals surface area contributed by atoms with Crippen molar-refractivity contribution < 1.29 is 18.4 Å². The van der Waals surface area contributed by atoms with Crippen LogP contribution in [-0.2, 0) is 16.0 Å². The van der Waals surface area contributed by atoms with Crippen molar-refractivity contribution in [3.05, 3.63) is 71.3 Å². The Morgan fingerprint density at radius 3 is 2.31 bits per heavy atom. The molecule has 2 rings (SSSR count). The molecule has 0 saturated carbocycles. The molecule has 0 radical (unpaired) electrons. The Kier molecular flexibility index (Phi) is 6.53. The molecule has 0 saturated heterocycles. The molecule has 0 unspecified atom stereocenters. The van der Waals surface area contributed by atoms with Crippen molar-refractivity contribution in [2.45, 2.75) is 25.4 Å². The molecule has 0 aromatic heterocycles. The van der Waals surface area contributed by atoms with Crippen LogP contribution in [0.2, 0.25) is 0 Å². The van der Waals surface area contributed by atoms with Crippen LogP contribution >= 0.6 is 0 Å². The Morgan fingerprint density at radius 2 is 1.73 bits per heavy atom. The quantitative estimate of drug-likeness (QED) is 0.832. The first-order valence-corrected chi connectivity index (χ1v) is 7.88. The summed E-state index contributed by atoms with van der Waals surface area (Å²) in [6.45, 7) is 1.51. The van der Waals surface area contributed by atoms with Crippen molar-refractivity contribution in [1.82, 2.24) is 10.6 Å². The number of nitrogens with zero attached hydrogens (tertiary/aromatic N) is 1. The van der Waals surface area contributed by atoms with E-state index in [9.17, 15) is 23.6 Å². The highest BCUT2D eigenvalue weighted by molar-refractivity contribution is 5.98. The number of carbonyl (C=O) groups excluding carboxylic acids is 2. The number of carbonyl (C=O) groups is 2. The molecule has 0 aliphatic carbocycles. The molecule has 2 amide bonds. The third-order valence-corrected chi connectivity index (χ3v) is 3.62. The van der Waals surface area contributed by atoms with E-state index >= 15 is 0 Å². The van der Waals surface area contributed by atoms with Gasteiger partial charge in [0.25, 0.3) is 0 Å². The Morgan fingerprint density at radius 1 is 1.12 bits per heavy atom. The third kappa shape index (κ3) is 5.46. The maximum Gasteiger partial charge on any atom is 0.243 e. The second kappa shape index (κ2) is 8.83. The lowest BCUT2D eigenvalue weighted by Gasteiger charge is -2.17. The molecule has 0 spiro atoms. The van der Waals surface area contributed by atoms with Gasteiger partial charge in [-0.1, -0.05) is 30.3 Å².